The van der Waals surface area contributed by atoms with E-state index < -0.39 is 5.60 Å². The van der Waals surface area contributed by atoms with E-state index in [-0.39, 0.29) is 5.92 Å². The quantitative estimate of drug-likeness (QED) is 0.286. The summed E-state index contributed by atoms with van der Waals surface area (Å²) >= 11 is 0. The average molecular weight is 457 g/mol. The molecule has 1 aromatic carbocycles. The number of unbranched alkanes of at least 4 members (excludes halogenated alkanes) is 5. The highest BCUT2D eigenvalue weighted by Gasteiger charge is 2.44. The van der Waals surface area contributed by atoms with Gasteiger partial charge in [-0.15, -0.1) is 0 Å². The zero-order valence-electron chi connectivity index (χ0n) is 21.2. The van der Waals surface area contributed by atoms with Crippen LogP contribution in [0.25, 0.3) is 0 Å². The van der Waals surface area contributed by atoms with Crippen molar-refractivity contribution in [3.05, 3.63) is 53.7 Å². The number of quaternary nitrogens is 1. The Hall–Kier alpha value is -1.69. The summed E-state index contributed by atoms with van der Waals surface area (Å²) < 4.78 is 7.17. The molecular formula is C28H46N3O2+. The van der Waals surface area contributed by atoms with Gasteiger partial charge in [0.15, 0.2) is 11.4 Å². The van der Waals surface area contributed by atoms with Gasteiger partial charge in [0.25, 0.3) is 0 Å². The molecule has 5 heteroatoms. The molecule has 1 aromatic heterocycles. The summed E-state index contributed by atoms with van der Waals surface area (Å²) in [6.07, 6.45) is 15.2. The molecule has 0 aliphatic heterocycles. The third kappa shape index (κ3) is 7.40. The zero-order valence-corrected chi connectivity index (χ0v) is 21.2. The second-order valence-electron chi connectivity index (χ2n) is 10.6. The lowest BCUT2D eigenvalue weighted by Crippen LogP contribution is -2.39. The van der Waals surface area contributed by atoms with Gasteiger partial charge in [-0.2, -0.15) is 0 Å². The number of nitrogens with zero attached hydrogens (tertiary/aromatic N) is 2. The fourth-order valence-electron chi connectivity index (χ4n) is 5.35. The van der Waals surface area contributed by atoms with Crippen LogP contribution in [0, 0.1) is 5.92 Å². The summed E-state index contributed by atoms with van der Waals surface area (Å²) in [6, 6.07) is 10.0. The van der Waals surface area contributed by atoms with E-state index in [0.717, 1.165) is 61.1 Å². The molecule has 0 amide bonds. The number of aromatic nitrogens is 1. The smallest absolute Gasteiger partial charge is 0.231 e. The Morgan fingerprint density at radius 1 is 1.00 bits per heavy atom. The molecule has 1 aliphatic carbocycles. The van der Waals surface area contributed by atoms with E-state index in [2.05, 4.69) is 24.4 Å². The van der Waals surface area contributed by atoms with Crippen molar-refractivity contribution in [2.75, 3.05) is 34.2 Å². The predicted molar refractivity (Wildman–Crippen MR) is 135 cm³/mol. The molecule has 2 N–H and O–H groups in total. The van der Waals surface area contributed by atoms with Crippen LogP contribution in [-0.4, -0.2) is 48.8 Å². The van der Waals surface area contributed by atoms with Crippen LogP contribution in [0.15, 0.2) is 40.9 Å². The first-order chi connectivity index (χ1) is 16.0. The monoisotopic (exact) mass is 456 g/mol. The third-order valence-electron chi connectivity index (χ3n) is 7.31. The van der Waals surface area contributed by atoms with Gasteiger partial charge < -0.3 is 19.3 Å². The lowest BCUT2D eigenvalue weighted by molar-refractivity contribution is -0.904. The molecule has 184 valence electrons. The molecule has 1 fully saturated rings. The van der Waals surface area contributed by atoms with Crippen LogP contribution in [0.4, 0.5) is 0 Å². The first kappa shape index (κ1) is 25.9. The SMILES string of the molecule is CNCCCCCCCC[N+](C)(C)Cc1cnc(C(O)(c2ccccc2)C2CCCCC2)o1. The summed E-state index contributed by atoms with van der Waals surface area (Å²) in [5.74, 6) is 1.49. The first-order valence-corrected chi connectivity index (χ1v) is 13.2. The van der Waals surface area contributed by atoms with Gasteiger partial charge >= 0.3 is 0 Å². The molecule has 3 rings (SSSR count). The van der Waals surface area contributed by atoms with Gasteiger partial charge in [-0.3, -0.25) is 0 Å². The van der Waals surface area contributed by atoms with E-state index in [1.807, 2.05) is 43.6 Å². The maximum atomic E-state index is 12.0. The molecule has 0 spiro atoms. The molecule has 0 bridgehead atoms. The van der Waals surface area contributed by atoms with E-state index in [9.17, 15) is 5.11 Å². The van der Waals surface area contributed by atoms with E-state index >= 15 is 0 Å². The number of rotatable bonds is 14. The van der Waals surface area contributed by atoms with Gasteiger partial charge in [-0.1, -0.05) is 68.9 Å². The molecule has 1 aliphatic rings. The fourth-order valence-corrected chi connectivity index (χ4v) is 5.35. The molecule has 2 aromatic rings. The van der Waals surface area contributed by atoms with Gasteiger partial charge in [0.05, 0.1) is 26.8 Å². The summed E-state index contributed by atoms with van der Waals surface area (Å²) in [4.78, 5) is 4.64. The maximum absolute atomic E-state index is 12.0. The van der Waals surface area contributed by atoms with Crippen molar-refractivity contribution in [3.8, 4) is 0 Å². The van der Waals surface area contributed by atoms with Crippen LogP contribution < -0.4 is 5.32 Å². The normalized spacial score (nSPS) is 17.2. The minimum atomic E-state index is -1.15. The van der Waals surface area contributed by atoms with Gasteiger partial charge in [0.1, 0.15) is 6.54 Å². The highest BCUT2D eigenvalue weighted by molar-refractivity contribution is 5.30. The Bertz CT molecular complexity index is 798. The Morgan fingerprint density at radius 3 is 2.36 bits per heavy atom. The standard InChI is InChI=1S/C28H46N3O2/c1-29-20-14-6-4-5-7-15-21-31(2,3)23-26-22-30-27(33-26)28(32,24-16-10-8-11-17-24)25-18-12-9-13-19-25/h8,10-11,16-17,22,25,29,32H,4-7,9,12-15,18-21,23H2,1-3H3/q+1. The Labute approximate surface area is 201 Å². The molecular weight excluding hydrogens is 410 g/mol. The lowest BCUT2D eigenvalue weighted by Gasteiger charge is -2.36. The molecule has 1 atom stereocenters. The van der Waals surface area contributed by atoms with E-state index in [1.54, 1.807) is 0 Å². The zero-order chi connectivity index (χ0) is 23.6. The van der Waals surface area contributed by atoms with Crippen molar-refractivity contribution in [2.24, 2.45) is 5.92 Å². The van der Waals surface area contributed by atoms with Gasteiger partial charge in [-0.25, -0.2) is 4.98 Å². The molecule has 1 saturated carbocycles. The molecule has 33 heavy (non-hydrogen) atoms. The lowest BCUT2D eigenvalue weighted by atomic mass is 9.73. The van der Waals surface area contributed by atoms with Crippen LogP contribution in [0.5, 0.6) is 0 Å². The fraction of sp³-hybridized carbons (Fsp3) is 0.679. The van der Waals surface area contributed by atoms with Crippen LogP contribution in [0.3, 0.4) is 0 Å². The number of aliphatic hydroxyl groups is 1. The van der Waals surface area contributed by atoms with Crippen molar-refractivity contribution >= 4 is 0 Å². The molecule has 0 radical (unpaired) electrons. The topological polar surface area (TPSA) is 58.3 Å². The van der Waals surface area contributed by atoms with Crippen molar-refractivity contribution < 1.29 is 14.0 Å². The van der Waals surface area contributed by atoms with Gasteiger partial charge in [0, 0.05) is 5.92 Å². The highest BCUT2D eigenvalue weighted by Crippen LogP contribution is 2.43. The average Bonchev–Trinajstić information content (AvgIpc) is 3.29. The van der Waals surface area contributed by atoms with Gasteiger partial charge in [-0.05, 0) is 51.3 Å². The maximum Gasteiger partial charge on any atom is 0.231 e. The van der Waals surface area contributed by atoms with E-state index in [1.165, 1.54) is 44.9 Å². The molecule has 5 nitrogen and oxygen atoms in total. The van der Waals surface area contributed by atoms with Crippen molar-refractivity contribution in [3.63, 3.8) is 0 Å². The number of nitrogens with one attached hydrogen (secondary N) is 1. The number of hydrogen-bond acceptors (Lipinski definition) is 4. The van der Waals surface area contributed by atoms with Crippen molar-refractivity contribution in [1.29, 1.82) is 0 Å². The number of oxazole rings is 1. The number of benzene rings is 1. The molecule has 1 unspecified atom stereocenters. The van der Waals surface area contributed by atoms with E-state index in [0.29, 0.717) is 5.89 Å². The van der Waals surface area contributed by atoms with E-state index in [4.69, 9.17) is 4.42 Å². The van der Waals surface area contributed by atoms with Crippen LogP contribution in [0.1, 0.15) is 87.8 Å². The Balaban J connectivity index is 1.59. The summed E-state index contributed by atoms with van der Waals surface area (Å²) in [5, 5.41) is 15.2. The minimum absolute atomic E-state index is 0.149. The number of hydrogen-bond donors (Lipinski definition) is 2. The second-order valence-corrected chi connectivity index (χ2v) is 10.6. The summed E-state index contributed by atoms with van der Waals surface area (Å²) in [7, 11) is 6.55. The van der Waals surface area contributed by atoms with Crippen LogP contribution >= 0.6 is 0 Å². The first-order valence-electron chi connectivity index (χ1n) is 13.2. The van der Waals surface area contributed by atoms with Crippen LogP contribution in [-0.2, 0) is 12.1 Å². The van der Waals surface area contributed by atoms with Crippen molar-refractivity contribution in [2.45, 2.75) is 82.8 Å². The Morgan fingerprint density at radius 2 is 1.67 bits per heavy atom. The predicted octanol–water partition coefficient (Wildman–Crippen LogP) is 5.63. The summed E-state index contributed by atoms with van der Waals surface area (Å²) in [5.41, 5.74) is -0.251. The molecule has 1 heterocycles. The third-order valence-corrected chi connectivity index (χ3v) is 7.31. The van der Waals surface area contributed by atoms with Gasteiger partial charge in [0.2, 0.25) is 5.89 Å². The second kappa shape index (κ2) is 12.7. The van der Waals surface area contributed by atoms with Crippen LogP contribution in [0.2, 0.25) is 0 Å². The molecule has 0 saturated heterocycles. The minimum Gasteiger partial charge on any atom is -0.436 e. The van der Waals surface area contributed by atoms with Crippen molar-refractivity contribution in [1.82, 2.24) is 10.3 Å². The summed E-state index contributed by atoms with van der Waals surface area (Å²) in [6.45, 7) is 3.05. The highest BCUT2D eigenvalue weighted by atomic mass is 16.4. The largest absolute Gasteiger partial charge is 0.436 e. The Kier molecular flexibility index (Phi) is 9.96.